The SMILES string of the molecule is CNS(=O)(=O)c1ccc(CCC(=O)NCCN2CCN(c3ccccc3)CC2)cc1. The van der Waals surface area contributed by atoms with E-state index in [-0.39, 0.29) is 10.8 Å². The van der Waals surface area contributed by atoms with Gasteiger partial charge >= 0.3 is 0 Å². The van der Waals surface area contributed by atoms with Crippen LogP contribution in [0.15, 0.2) is 59.5 Å². The molecule has 162 valence electrons. The van der Waals surface area contributed by atoms with Crippen molar-refractivity contribution >= 4 is 21.6 Å². The first-order valence-corrected chi connectivity index (χ1v) is 11.8. The first kappa shape index (κ1) is 22.3. The van der Waals surface area contributed by atoms with Crippen LogP contribution in [0.4, 0.5) is 5.69 Å². The third kappa shape index (κ3) is 6.29. The van der Waals surface area contributed by atoms with Crippen LogP contribution < -0.4 is 14.9 Å². The summed E-state index contributed by atoms with van der Waals surface area (Å²) in [6.45, 7) is 5.47. The van der Waals surface area contributed by atoms with Crippen molar-refractivity contribution < 1.29 is 13.2 Å². The topological polar surface area (TPSA) is 81.7 Å². The van der Waals surface area contributed by atoms with Gasteiger partial charge in [-0.25, -0.2) is 13.1 Å². The molecule has 30 heavy (non-hydrogen) atoms. The van der Waals surface area contributed by atoms with Crippen LogP contribution in [0, 0.1) is 0 Å². The maximum Gasteiger partial charge on any atom is 0.240 e. The van der Waals surface area contributed by atoms with Gasteiger partial charge in [-0.05, 0) is 43.3 Å². The maximum atomic E-state index is 12.1. The van der Waals surface area contributed by atoms with E-state index in [4.69, 9.17) is 0 Å². The number of hydrogen-bond acceptors (Lipinski definition) is 5. The van der Waals surface area contributed by atoms with Gasteiger partial charge in [0.15, 0.2) is 0 Å². The zero-order valence-corrected chi connectivity index (χ0v) is 18.2. The number of nitrogens with one attached hydrogen (secondary N) is 2. The summed E-state index contributed by atoms with van der Waals surface area (Å²) in [6, 6.07) is 17.1. The molecular formula is C22H30N4O3S. The smallest absolute Gasteiger partial charge is 0.240 e. The molecule has 0 unspecified atom stereocenters. The molecule has 1 amide bonds. The Morgan fingerprint density at radius 2 is 1.63 bits per heavy atom. The Kier molecular flexibility index (Phi) is 7.84. The van der Waals surface area contributed by atoms with Gasteiger partial charge in [0.1, 0.15) is 0 Å². The van der Waals surface area contributed by atoms with Gasteiger partial charge in [-0.3, -0.25) is 9.69 Å². The molecule has 1 aliphatic heterocycles. The molecule has 0 bridgehead atoms. The second kappa shape index (κ2) is 10.6. The number of benzene rings is 2. The van der Waals surface area contributed by atoms with E-state index in [0.717, 1.165) is 38.3 Å². The van der Waals surface area contributed by atoms with E-state index in [1.54, 1.807) is 24.3 Å². The molecule has 0 atom stereocenters. The minimum Gasteiger partial charge on any atom is -0.369 e. The number of hydrogen-bond donors (Lipinski definition) is 2. The highest BCUT2D eigenvalue weighted by Crippen LogP contribution is 2.15. The number of carbonyl (C=O) groups excluding carboxylic acids is 1. The van der Waals surface area contributed by atoms with Crippen molar-refractivity contribution in [3.8, 4) is 0 Å². The van der Waals surface area contributed by atoms with Crippen LogP contribution in [0.5, 0.6) is 0 Å². The first-order valence-electron chi connectivity index (χ1n) is 10.3. The molecule has 3 rings (SSSR count). The van der Waals surface area contributed by atoms with Crippen LogP contribution in [0.2, 0.25) is 0 Å². The summed E-state index contributed by atoms with van der Waals surface area (Å²) in [5.41, 5.74) is 2.21. The third-order valence-corrected chi connectivity index (χ3v) is 6.82. The molecule has 2 aromatic carbocycles. The standard InChI is InChI=1S/C22H30N4O3S/c1-23-30(28,29)21-10-7-19(8-11-21)9-12-22(27)24-13-14-25-15-17-26(18-16-25)20-5-3-2-4-6-20/h2-8,10-11,23H,9,12-18H2,1H3,(H,24,27). The monoisotopic (exact) mass is 430 g/mol. The van der Waals surface area contributed by atoms with Gasteiger partial charge in [0.25, 0.3) is 0 Å². The van der Waals surface area contributed by atoms with E-state index in [1.165, 1.54) is 12.7 Å². The number of rotatable bonds is 9. The molecule has 8 heteroatoms. The molecular weight excluding hydrogens is 400 g/mol. The maximum absolute atomic E-state index is 12.1. The fraction of sp³-hybridized carbons (Fsp3) is 0.409. The minimum absolute atomic E-state index is 0.0184. The van der Waals surface area contributed by atoms with Crippen LogP contribution >= 0.6 is 0 Å². The van der Waals surface area contributed by atoms with Crippen molar-refractivity contribution in [2.45, 2.75) is 17.7 Å². The van der Waals surface area contributed by atoms with Crippen molar-refractivity contribution in [1.82, 2.24) is 14.9 Å². The van der Waals surface area contributed by atoms with Gasteiger partial charge < -0.3 is 10.2 Å². The molecule has 7 nitrogen and oxygen atoms in total. The zero-order chi connectivity index (χ0) is 21.4. The fourth-order valence-corrected chi connectivity index (χ4v) is 4.25. The molecule has 1 fully saturated rings. The number of para-hydroxylation sites is 1. The van der Waals surface area contributed by atoms with Gasteiger partial charge in [0.2, 0.25) is 15.9 Å². The van der Waals surface area contributed by atoms with Crippen molar-refractivity contribution in [3.63, 3.8) is 0 Å². The highest BCUT2D eigenvalue weighted by Gasteiger charge is 2.17. The largest absolute Gasteiger partial charge is 0.369 e. The van der Waals surface area contributed by atoms with Gasteiger partial charge in [0, 0.05) is 51.4 Å². The van der Waals surface area contributed by atoms with E-state index in [0.29, 0.717) is 19.4 Å². The van der Waals surface area contributed by atoms with E-state index in [1.807, 2.05) is 6.07 Å². The minimum atomic E-state index is -3.43. The highest BCUT2D eigenvalue weighted by molar-refractivity contribution is 7.89. The summed E-state index contributed by atoms with van der Waals surface area (Å²) in [4.78, 5) is 17.1. The van der Waals surface area contributed by atoms with E-state index < -0.39 is 10.0 Å². The molecule has 2 N–H and O–H groups in total. The molecule has 0 radical (unpaired) electrons. The Hall–Kier alpha value is -2.42. The van der Waals surface area contributed by atoms with Crippen molar-refractivity contribution in [1.29, 1.82) is 0 Å². The molecule has 1 heterocycles. The lowest BCUT2D eigenvalue weighted by atomic mass is 10.1. The predicted molar refractivity (Wildman–Crippen MR) is 119 cm³/mol. The number of piperazine rings is 1. The summed E-state index contributed by atoms with van der Waals surface area (Å²) in [6.07, 6.45) is 0.974. The summed E-state index contributed by atoms with van der Waals surface area (Å²) in [5, 5.41) is 2.99. The number of nitrogens with zero attached hydrogens (tertiary/aromatic N) is 2. The second-order valence-corrected chi connectivity index (χ2v) is 9.25. The quantitative estimate of drug-likeness (QED) is 0.630. The summed E-state index contributed by atoms with van der Waals surface area (Å²) in [5.74, 6) is 0.0184. The summed E-state index contributed by atoms with van der Waals surface area (Å²) >= 11 is 0. The van der Waals surface area contributed by atoms with Crippen LogP contribution in [-0.2, 0) is 21.2 Å². The molecule has 0 aromatic heterocycles. The van der Waals surface area contributed by atoms with Crippen molar-refractivity contribution in [3.05, 3.63) is 60.2 Å². The van der Waals surface area contributed by atoms with Crippen molar-refractivity contribution in [2.75, 3.05) is 51.2 Å². The molecule has 1 saturated heterocycles. The number of aryl methyl sites for hydroxylation is 1. The number of sulfonamides is 1. The second-order valence-electron chi connectivity index (χ2n) is 7.37. The Morgan fingerprint density at radius 1 is 0.967 bits per heavy atom. The lowest BCUT2D eigenvalue weighted by Crippen LogP contribution is -2.48. The van der Waals surface area contributed by atoms with E-state index >= 15 is 0 Å². The van der Waals surface area contributed by atoms with Crippen LogP contribution in [0.25, 0.3) is 0 Å². The lowest BCUT2D eigenvalue weighted by molar-refractivity contribution is -0.121. The molecule has 1 aliphatic rings. The van der Waals surface area contributed by atoms with Gasteiger partial charge in [0.05, 0.1) is 4.90 Å². The Balaban J connectivity index is 1.33. The molecule has 2 aromatic rings. The summed E-state index contributed by atoms with van der Waals surface area (Å²) in [7, 11) is -2.04. The number of amides is 1. The van der Waals surface area contributed by atoms with Crippen molar-refractivity contribution in [2.24, 2.45) is 0 Å². The first-order chi connectivity index (χ1) is 14.5. The van der Waals surface area contributed by atoms with E-state index in [2.05, 4.69) is 44.1 Å². The average Bonchev–Trinajstić information content (AvgIpc) is 2.79. The molecule has 0 saturated carbocycles. The Morgan fingerprint density at radius 3 is 2.27 bits per heavy atom. The highest BCUT2D eigenvalue weighted by atomic mass is 32.2. The zero-order valence-electron chi connectivity index (χ0n) is 17.4. The van der Waals surface area contributed by atoms with Crippen LogP contribution in [0.3, 0.4) is 0 Å². The molecule has 0 aliphatic carbocycles. The van der Waals surface area contributed by atoms with Gasteiger partial charge in [-0.2, -0.15) is 0 Å². The Bertz CT molecular complexity index is 909. The van der Waals surface area contributed by atoms with E-state index in [9.17, 15) is 13.2 Å². The van der Waals surface area contributed by atoms with Crippen LogP contribution in [0.1, 0.15) is 12.0 Å². The number of carbonyl (C=O) groups is 1. The average molecular weight is 431 g/mol. The van der Waals surface area contributed by atoms with Gasteiger partial charge in [-0.1, -0.05) is 30.3 Å². The third-order valence-electron chi connectivity index (χ3n) is 5.39. The summed E-state index contributed by atoms with van der Waals surface area (Å²) < 4.78 is 25.8. The van der Waals surface area contributed by atoms with Gasteiger partial charge in [-0.15, -0.1) is 0 Å². The fourth-order valence-electron chi connectivity index (χ4n) is 3.52. The predicted octanol–water partition coefficient (Wildman–Crippen LogP) is 1.47. The van der Waals surface area contributed by atoms with Crippen LogP contribution in [-0.4, -0.2) is 65.5 Å². The normalized spacial score (nSPS) is 15.2. The number of anilines is 1. The lowest BCUT2D eigenvalue weighted by Gasteiger charge is -2.36. The molecule has 0 spiro atoms. The Labute approximate surface area is 179 Å².